The van der Waals surface area contributed by atoms with E-state index in [2.05, 4.69) is 34.6 Å². The second-order valence-corrected chi connectivity index (χ2v) is 5.64. The summed E-state index contributed by atoms with van der Waals surface area (Å²) in [6, 6.07) is 25.6. The maximum Gasteiger partial charge on any atom is 0.138 e. The second kappa shape index (κ2) is 6.05. The Morgan fingerprint density at radius 2 is 1.62 bits per heavy atom. The molecular formula is C21H16N2O. The first-order valence-electron chi connectivity index (χ1n) is 7.80. The van der Waals surface area contributed by atoms with Crippen LogP contribution in [-0.4, -0.2) is 10.1 Å². The highest BCUT2D eigenvalue weighted by molar-refractivity contribution is 5.87. The minimum atomic E-state index is 0.244. The highest BCUT2D eigenvalue weighted by Crippen LogP contribution is 2.31. The fraction of sp³-hybridized carbons (Fsp3) is 0. The van der Waals surface area contributed by atoms with Gasteiger partial charge in [0.15, 0.2) is 0 Å². The lowest BCUT2D eigenvalue weighted by atomic mass is 10.1. The molecule has 4 rings (SSSR count). The summed E-state index contributed by atoms with van der Waals surface area (Å²) in [4.78, 5) is 4.47. The van der Waals surface area contributed by atoms with E-state index in [-0.39, 0.29) is 5.75 Å². The Morgan fingerprint density at radius 3 is 2.50 bits per heavy atom. The zero-order valence-electron chi connectivity index (χ0n) is 13.0. The van der Waals surface area contributed by atoms with Crippen LogP contribution in [0.15, 0.2) is 85.1 Å². The van der Waals surface area contributed by atoms with Crippen molar-refractivity contribution in [3.63, 3.8) is 0 Å². The number of anilines is 2. The fourth-order valence-electron chi connectivity index (χ4n) is 2.82. The van der Waals surface area contributed by atoms with E-state index in [1.165, 1.54) is 10.8 Å². The molecule has 4 aromatic rings. The van der Waals surface area contributed by atoms with Crippen LogP contribution in [0.1, 0.15) is 0 Å². The van der Waals surface area contributed by atoms with Gasteiger partial charge in [0.05, 0.1) is 0 Å². The number of hydrogen-bond acceptors (Lipinski definition) is 3. The molecule has 0 saturated carbocycles. The van der Waals surface area contributed by atoms with Gasteiger partial charge >= 0.3 is 0 Å². The summed E-state index contributed by atoms with van der Waals surface area (Å²) in [7, 11) is 0. The van der Waals surface area contributed by atoms with E-state index in [1.54, 1.807) is 18.3 Å². The van der Waals surface area contributed by atoms with Crippen molar-refractivity contribution >= 4 is 22.3 Å². The molecule has 1 aromatic heterocycles. The highest BCUT2D eigenvalue weighted by atomic mass is 16.3. The second-order valence-electron chi connectivity index (χ2n) is 5.64. The number of benzene rings is 3. The zero-order valence-corrected chi connectivity index (χ0v) is 13.0. The third-order valence-electron chi connectivity index (χ3n) is 3.98. The van der Waals surface area contributed by atoms with Crippen LogP contribution in [0.3, 0.4) is 0 Å². The number of phenolic OH excluding ortho intramolecular Hbond substituents is 1. The lowest BCUT2D eigenvalue weighted by Gasteiger charge is -2.12. The van der Waals surface area contributed by atoms with Crippen LogP contribution in [0.2, 0.25) is 0 Å². The summed E-state index contributed by atoms with van der Waals surface area (Å²) in [5, 5.41) is 15.5. The van der Waals surface area contributed by atoms with Gasteiger partial charge in [-0.05, 0) is 52.7 Å². The quantitative estimate of drug-likeness (QED) is 0.536. The van der Waals surface area contributed by atoms with Crippen LogP contribution in [0.4, 0.5) is 11.5 Å². The number of aromatic nitrogens is 1. The standard InChI is InChI=1S/C21H16N2O/c24-19-8-3-7-17(14-19)20-9-4-12-22-21(20)23-18-11-10-15-5-1-2-6-16(15)13-18/h1-14,24H,(H,22,23). The van der Waals surface area contributed by atoms with Crippen molar-refractivity contribution in [2.24, 2.45) is 0 Å². The Labute approximate surface area is 140 Å². The Hall–Kier alpha value is -3.33. The van der Waals surface area contributed by atoms with E-state index < -0.39 is 0 Å². The molecule has 0 fully saturated rings. The van der Waals surface area contributed by atoms with E-state index in [0.717, 1.165) is 22.6 Å². The van der Waals surface area contributed by atoms with Crippen molar-refractivity contribution in [1.29, 1.82) is 0 Å². The zero-order chi connectivity index (χ0) is 16.4. The Kier molecular flexibility index (Phi) is 3.60. The first-order chi connectivity index (χ1) is 11.8. The number of nitrogens with one attached hydrogen (secondary N) is 1. The van der Waals surface area contributed by atoms with E-state index in [1.807, 2.05) is 42.5 Å². The molecule has 0 bridgehead atoms. The Morgan fingerprint density at radius 1 is 0.750 bits per heavy atom. The van der Waals surface area contributed by atoms with Gasteiger partial charge in [-0.15, -0.1) is 0 Å². The van der Waals surface area contributed by atoms with E-state index in [9.17, 15) is 5.11 Å². The van der Waals surface area contributed by atoms with Gasteiger partial charge in [-0.1, -0.05) is 42.5 Å². The predicted octanol–water partition coefficient (Wildman–Crippen LogP) is 5.35. The normalized spacial score (nSPS) is 10.7. The summed E-state index contributed by atoms with van der Waals surface area (Å²) in [6.45, 7) is 0. The molecule has 24 heavy (non-hydrogen) atoms. The van der Waals surface area contributed by atoms with Gasteiger partial charge in [0.1, 0.15) is 11.6 Å². The van der Waals surface area contributed by atoms with Crippen LogP contribution in [0.25, 0.3) is 21.9 Å². The molecule has 116 valence electrons. The molecule has 0 amide bonds. The monoisotopic (exact) mass is 312 g/mol. The predicted molar refractivity (Wildman–Crippen MR) is 98.6 cm³/mol. The number of nitrogens with zero attached hydrogens (tertiary/aromatic N) is 1. The smallest absolute Gasteiger partial charge is 0.138 e. The summed E-state index contributed by atoms with van der Waals surface area (Å²) < 4.78 is 0. The van der Waals surface area contributed by atoms with Crippen molar-refractivity contribution in [3.8, 4) is 16.9 Å². The van der Waals surface area contributed by atoms with Crippen LogP contribution < -0.4 is 5.32 Å². The van der Waals surface area contributed by atoms with Gasteiger partial charge in [-0.25, -0.2) is 4.98 Å². The maximum atomic E-state index is 9.73. The van der Waals surface area contributed by atoms with Crippen molar-refractivity contribution in [1.82, 2.24) is 4.98 Å². The third-order valence-corrected chi connectivity index (χ3v) is 3.98. The van der Waals surface area contributed by atoms with Crippen molar-refractivity contribution in [3.05, 3.63) is 85.1 Å². The van der Waals surface area contributed by atoms with Gasteiger partial charge in [0.2, 0.25) is 0 Å². The molecule has 3 nitrogen and oxygen atoms in total. The molecule has 0 aliphatic carbocycles. The van der Waals surface area contributed by atoms with Gasteiger partial charge in [0, 0.05) is 17.4 Å². The molecule has 0 atom stereocenters. The molecule has 0 spiro atoms. The maximum absolute atomic E-state index is 9.73. The minimum absolute atomic E-state index is 0.244. The lowest BCUT2D eigenvalue weighted by molar-refractivity contribution is 0.475. The molecule has 3 aromatic carbocycles. The Balaban J connectivity index is 1.74. The molecule has 0 aliphatic rings. The molecule has 0 aliphatic heterocycles. The van der Waals surface area contributed by atoms with Crippen LogP contribution in [0, 0.1) is 0 Å². The lowest BCUT2D eigenvalue weighted by Crippen LogP contribution is -1.96. The average Bonchev–Trinajstić information content (AvgIpc) is 2.62. The SMILES string of the molecule is Oc1cccc(-c2cccnc2Nc2ccc3ccccc3c2)c1. The summed E-state index contributed by atoms with van der Waals surface area (Å²) in [5.74, 6) is 1.01. The first kappa shape index (κ1) is 14.3. The van der Waals surface area contributed by atoms with Crippen molar-refractivity contribution < 1.29 is 5.11 Å². The van der Waals surface area contributed by atoms with Crippen LogP contribution >= 0.6 is 0 Å². The first-order valence-corrected chi connectivity index (χ1v) is 7.80. The van der Waals surface area contributed by atoms with Crippen LogP contribution in [-0.2, 0) is 0 Å². The van der Waals surface area contributed by atoms with Gasteiger partial charge in [-0.3, -0.25) is 0 Å². The number of rotatable bonds is 3. The molecule has 3 heteroatoms. The molecular weight excluding hydrogens is 296 g/mol. The summed E-state index contributed by atoms with van der Waals surface area (Å²) in [5.41, 5.74) is 2.85. The number of fused-ring (bicyclic) bond motifs is 1. The van der Waals surface area contributed by atoms with Crippen molar-refractivity contribution in [2.75, 3.05) is 5.32 Å². The van der Waals surface area contributed by atoms with E-state index >= 15 is 0 Å². The minimum Gasteiger partial charge on any atom is -0.508 e. The van der Waals surface area contributed by atoms with Gasteiger partial charge < -0.3 is 10.4 Å². The largest absolute Gasteiger partial charge is 0.508 e. The topological polar surface area (TPSA) is 45.2 Å². The van der Waals surface area contributed by atoms with E-state index in [4.69, 9.17) is 0 Å². The summed E-state index contributed by atoms with van der Waals surface area (Å²) >= 11 is 0. The number of pyridine rings is 1. The van der Waals surface area contributed by atoms with Gasteiger partial charge in [-0.2, -0.15) is 0 Å². The highest BCUT2D eigenvalue weighted by Gasteiger charge is 2.07. The van der Waals surface area contributed by atoms with Crippen LogP contribution in [0.5, 0.6) is 5.75 Å². The average molecular weight is 312 g/mol. The van der Waals surface area contributed by atoms with Gasteiger partial charge in [0.25, 0.3) is 0 Å². The fourth-order valence-corrected chi connectivity index (χ4v) is 2.82. The molecule has 0 unspecified atom stereocenters. The number of aromatic hydroxyl groups is 1. The molecule has 1 heterocycles. The number of hydrogen-bond donors (Lipinski definition) is 2. The Bertz CT molecular complexity index is 1010. The molecule has 2 N–H and O–H groups in total. The third kappa shape index (κ3) is 2.79. The van der Waals surface area contributed by atoms with Crippen molar-refractivity contribution in [2.45, 2.75) is 0 Å². The molecule has 0 radical (unpaired) electrons. The number of phenols is 1. The molecule has 0 saturated heterocycles. The summed E-state index contributed by atoms with van der Waals surface area (Å²) in [6.07, 6.45) is 1.76. The van der Waals surface area contributed by atoms with E-state index in [0.29, 0.717) is 0 Å².